The molecule has 1 unspecified atom stereocenters. The smallest absolute Gasteiger partial charge is 0.241 e. The highest BCUT2D eigenvalue weighted by Crippen LogP contribution is 2.57. The quantitative estimate of drug-likeness (QED) is 0.505. The first-order valence-electron chi connectivity index (χ1n) is 12.8. The van der Waals surface area contributed by atoms with Crippen LogP contribution in [0, 0.1) is 35.5 Å². The predicted octanol–water partition coefficient (Wildman–Crippen LogP) is 3.34. The number of nitrogens with zero attached hydrogens (tertiary/aromatic N) is 2. The van der Waals surface area contributed by atoms with Gasteiger partial charge in [0.2, 0.25) is 11.8 Å². The Morgan fingerprint density at radius 3 is 2.68 bits per heavy atom. The van der Waals surface area contributed by atoms with Crippen molar-refractivity contribution in [2.75, 3.05) is 24.7 Å². The number of anilines is 1. The number of thiazole rings is 1. The fourth-order valence-electron chi connectivity index (χ4n) is 6.38. The summed E-state index contributed by atoms with van der Waals surface area (Å²) in [6.45, 7) is 6.31. The second kappa shape index (κ2) is 10.8. The van der Waals surface area contributed by atoms with Crippen molar-refractivity contribution in [3.63, 3.8) is 0 Å². The molecule has 4 rings (SSSR count). The number of aliphatic hydroxyl groups is 1. The monoisotopic (exact) mass is 557 g/mol. The molecule has 2 aliphatic rings. The third kappa shape index (κ3) is 5.37. The van der Waals surface area contributed by atoms with E-state index >= 15 is 0 Å². The number of hydrogen-bond donors (Lipinski definition) is 2. The highest BCUT2D eigenvalue weighted by molar-refractivity contribution is 7.92. The SMILES string of the molecule is C#CCN(C)C(=O)[C@@H](C)C1CC[C@@]2(C)Cc3sc(NC(=O)CS(=O)(=O)c4ccccc4)nc3[C@@H](C)[C@@H]2[C@H]1O. The van der Waals surface area contributed by atoms with Crippen molar-refractivity contribution < 1.29 is 23.1 Å². The van der Waals surface area contributed by atoms with Gasteiger partial charge in [-0.2, -0.15) is 0 Å². The summed E-state index contributed by atoms with van der Waals surface area (Å²) < 4.78 is 25.2. The number of benzene rings is 1. The fraction of sp³-hybridized carbons (Fsp3) is 0.536. The van der Waals surface area contributed by atoms with Gasteiger partial charge in [0.05, 0.1) is 23.2 Å². The lowest BCUT2D eigenvalue weighted by Crippen LogP contribution is -2.53. The normalized spacial score (nSPS) is 27.4. The van der Waals surface area contributed by atoms with Crippen LogP contribution in [-0.2, 0) is 25.8 Å². The van der Waals surface area contributed by atoms with Crippen LogP contribution in [-0.4, -0.2) is 60.7 Å². The minimum atomic E-state index is -3.77. The molecule has 0 radical (unpaired) electrons. The second-order valence-corrected chi connectivity index (χ2v) is 14.0. The first kappa shape index (κ1) is 28.3. The van der Waals surface area contributed by atoms with Crippen LogP contribution < -0.4 is 5.32 Å². The van der Waals surface area contributed by atoms with Gasteiger partial charge in [-0.15, -0.1) is 17.8 Å². The fourth-order valence-corrected chi connectivity index (χ4v) is 8.82. The van der Waals surface area contributed by atoms with Crippen LogP contribution in [0.3, 0.4) is 0 Å². The number of amides is 2. The molecule has 2 aliphatic carbocycles. The van der Waals surface area contributed by atoms with Crippen LogP contribution in [0.1, 0.15) is 50.1 Å². The topological polar surface area (TPSA) is 117 Å². The summed E-state index contributed by atoms with van der Waals surface area (Å²) in [7, 11) is -2.08. The van der Waals surface area contributed by atoms with E-state index in [0.717, 1.165) is 23.4 Å². The summed E-state index contributed by atoms with van der Waals surface area (Å²) in [6.07, 6.45) is 6.98. The van der Waals surface area contributed by atoms with E-state index in [1.54, 1.807) is 25.2 Å². The van der Waals surface area contributed by atoms with E-state index < -0.39 is 27.6 Å². The number of terminal acetylenes is 1. The van der Waals surface area contributed by atoms with Gasteiger partial charge >= 0.3 is 0 Å². The molecule has 1 heterocycles. The van der Waals surface area contributed by atoms with E-state index in [2.05, 4.69) is 23.1 Å². The van der Waals surface area contributed by atoms with Crippen LogP contribution in [0.4, 0.5) is 5.13 Å². The molecule has 10 heteroatoms. The third-order valence-corrected chi connectivity index (χ3v) is 10.9. The van der Waals surface area contributed by atoms with E-state index in [0.29, 0.717) is 11.6 Å². The average molecular weight is 558 g/mol. The summed E-state index contributed by atoms with van der Waals surface area (Å²) in [5.74, 6) is 0.369. The molecule has 2 amide bonds. The van der Waals surface area contributed by atoms with E-state index in [1.165, 1.54) is 28.4 Å². The van der Waals surface area contributed by atoms with Crippen molar-refractivity contribution in [3.05, 3.63) is 40.9 Å². The maximum atomic E-state index is 12.9. The number of aromatic nitrogens is 1. The Kier molecular flexibility index (Phi) is 8.03. The molecule has 2 N–H and O–H groups in total. The van der Waals surface area contributed by atoms with E-state index in [-0.39, 0.29) is 46.4 Å². The molecule has 0 saturated heterocycles. The number of hydrogen-bond acceptors (Lipinski definition) is 7. The summed E-state index contributed by atoms with van der Waals surface area (Å²) in [5.41, 5.74) is 0.641. The van der Waals surface area contributed by atoms with Gasteiger partial charge in [-0.1, -0.05) is 44.9 Å². The van der Waals surface area contributed by atoms with Gasteiger partial charge in [0.15, 0.2) is 15.0 Å². The lowest BCUT2D eigenvalue weighted by atomic mass is 9.53. The molecule has 8 nitrogen and oxygen atoms in total. The maximum Gasteiger partial charge on any atom is 0.241 e. The molecule has 1 fully saturated rings. The van der Waals surface area contributed by atoms with Crippen LogP contribution >= 0.6 is 11.3 Å². The average Bonchev–Trinajstić information content (AvgIpc) is 3.25. The Hall–Kier alpha value is -2.74. The first-order valence-corrected chi connectivity index (χ1v) is 15.3. The number of carbonyl (C=O) groups is 2. The molecule has 0 bridgehead atoms. The van der Waals surface area contributed by atoms with Gasteiger partial charge in [0.1, 0.15) is 5.75 Å². The van der Waals surface area contributed by atoms with E-state index in [9.17, 15) is 23.1 Å². The van der Waals surface area contributed by atoms with Gasteiger partial charge < -0.3 is 15.3 Å². The van der Waals surface area contributed by atoms with Gasteiger partial charge in [-0.25, -0.2) is 13.4 Å². The zero-order chi connectivity index (χ0) is 27.8. The minimum Gasteiger partial charge on any atom is -0.392 e. The van der Waals surface area contributed by atoms with Crippen molar-refractivity contribution >= 4 is 38.1 Å². The minimum absolute atomic E-state index is 0.0659. The molecule has 1 aromatic carbocycles. The van der Waals surface area contributed by atoms with Gasteiger partial charge in [-0.3, -0.25) is 9.59 Å². The molecular weight excluding hydrogens is 522 g/mol. The zero-order valence-electron chi connectivity index (χ0n) is 22.2. The van der Waals surface area contributed by atoms with Crippen molar-refractivity contribution in [2.45, 2.75) is 57.0 Å². The molecule has 2 aromatic rings. The number of rotatable bonds is 7. The third-order valence-electron chi connectivity index (χ3n) is 8.33. The molecule has 1 aromatic heterocycles. The second-order valence-electron chi connectivity index (χ2n) is 11.0. The molecule has 204 valence electrons. The number of fused-ring (bicyclic) bond motifs is 2. The number of sulfone groups is 1. The van der Waals surface area contributed by atoms with Crippen molar-refractivity contribution in [1.82, 2.24) is 9.88 Å². The highest BCUT2D eigenvalue weighted by Gasteiger charge is 2.54. The van der Waals surface area contributed by atoms with Crippen LogP contribution in [0.25, 0.3) is 0 Å². The Bertz CT molecular complexity index is 1350. The van der Waals surface area contributed by atoms with Crippen molar-refractivity contribution in [2.24, 2.45) is 23.2 Å². The Labute approximate surface area is 228 Å². The van der Waals surface area contributed by atoms with E-state index in [4.69, 9.17) is 6.42 Å². The molecule has 6 atom stereocenters. The molecule has 0 aliphatic heterocycles. The van der Waals surface area contributed by atoms with Gasteiger partial charge in [0.25, 0.3) is 0 Å². The Morgan fingerprint density at radius 2 is 2.03 bits per heavy atom. The molecular formula is C28H35N3O5S2. The Morgan fingerprint density at radius 1 is 1.34 bits per heavy atom. The first-order chi connectivity index (χ1) is 17.9. The summed E-state index contributed by atoms with van der Waals surface area (Å²) in [5, 5.41) is 14.6. The summed E-state index contributed by atoms with van der Waals surface area (Å²) >= 11 is 1.37. The molecule has 1 saturated carbocycles. The maximum absolute atomic E-state index is 12.9. The predicted molar refractivity (Wildman–Crippen MR) is 147 cm³/mol. The van der Waals surface area contributed by atoms with Gasteiger partial charge in [0, 0.05) is 23.8 Å². The Balaban J connectivity index is 1.50. The van der Waals surface area contributed by atoms with Crippen LogP contribution in [0.5, 0.6) is 0 Å². The summed E-state index contributed by atoms with van der Waals surface area (Å²) in [6, 6.07) is 7.89. The lowest BCUT2D eigenvalue weighted by molar-refractivity contribution is -0.142. The van der Waals surface area contributed by atoms with E-state index in [1.807, 2.05) is 13.8 Å². The number of carbonyl (C=O) groups excluding carboxylic acids is 2. The molecule has 0 spiro atoms. The van der Waals surface area contributed by atoms with Crippen LogP contribution in [0.2, 0.25) is 0 Å². The standard InChI is InChI=1S/C28H35N3O5S2/c1-6-14-31(5)26(34)17(2)20-12-13-28(4)15-21-24(18(3)23(28)25(20)33)30-27(37-21)29-22(32)16-38(35,36)19-10-8-7-9-11-19/h1,7-11,17-18,20,23,25,33H,12-16H2,2-5H3,(H,29,30,32)/t17-,18-,20?,23+,25-,28-/m0/s1. The lowest BCUT2D eigenvalue weighted by Gasteiger charge is -2.53. The largest absolute Gasteiger partial charge is 0.392 e. The summed E-state index contributed by atoms with van der Waals surface area (Å²) in [4.78, 5) is 32.9. The highest BCUT2D eigenvalue weighted by atomic mass is 32.2. The van der Waals surface area contributed by atoms with Crippen molar-refractivity contribution in [3.8, 4) is 12.3 Å². The molecule has 38 heavy (non-hydrogen) atoms. The van der Waals surface area contributed by atoms with Crippen molar-refractivity contribution in [1.29, 1.82) is 0 Å². The zero-order valence-corrected chi connectivity index (χ0v) is 23.8. The van der Waals surface area contributed by atoms with Crippen LogP contribution in [0.15, 0.2) is 35.2 Å². The van der Waals surface area contributed by atoms with Gasteiger partial charge in [-0.05, 0) is 48.6 Å². The number of aliphatic hydroxyl groups excluding tert-OH is 1. The number of nitrogens with one attached hydrogen (secondary N) is 1.